The van der Waals surface area contributed by atoms with E-state index in [0.29, 0.717) is 6.54 Å². The van der Waals surface area contributed by atoms with Crippen molar-refractivity contribution in [2.45, 2.75) is 5.38 Å². The highest BCUT2D eigenvalue weighted by Gasteiger charge is 2.09. The highest BCUT2D eigenvalue weighted by Crippen LogP contribution is 2.05. The van der Waals surface area contributed by atoms with E-state index >= 15 is 0 Å². The molecule has 0 fully saturated rings. The number of nitrogens with one attached hydrogen (secondary N) is 1. The molecule has 0 saturated carbocycles. The number of rotatable bonds is 4. The number of hydrogen-bond acceptors (Lipinski definition) is 2. The summed E-state index contributed by atoms with van der Waals surface area (Å²) in [7, 11) is 0. The van der Waals surface area contributed by atoms with Gasteiger partial charge in [0.05, 0.1) is 0 Å². The molecule has 0 saturated heterocycles. The lowest BCUT2D eigenvalue weighted by atomic mass is 10.3. The second-order valence-electron chi connectivity index (χ2n) is 2.62. The Hall–Kier alpha value is -1.22. The minimum Gasteiger partial charge on any atom is -0.383 e. The van der Waals surface area contributed by atoms with Gasteiger partial charge in [0.2, 0.25) is 5.91 Å². The molecule has 1 rings (SSSR count). The van der Waals surface area contributed by atoms with Crippen LogP contribution in [0.3, 0.4) is 0 Å². The van der Waals surface area contributed by atoms with E-state index in [1.165, 1.54) is 0 Å². The summed E-state index contributed by atoms with van der Waals surface area (Å²) < 4.78 is 0. The molecular formula is C9H11ClN2O. The van der Waals surface area contributed by atoms with Gasteiger partial charge in [-0.2, -0.15) is 0 Å². The van der Waals surface area contributed by atoms with Gasteiger partial charge in [-0.3, -0.25) is 4.79 Å². The first-order valence-corrected chi connectivity index (χ1v) is 4.36. The number of benzene rings is 1. The molecule has 1 amide bonds. The van der Waals surface area contributed by atoms with Crippen molar-refractivity contribution >= 4 is 23.2 Å². The van der Waals surface area contributed by atoms with Crippen LogP contribution >= 0.6 is 11.6 Å². The number of nitrogens with two attached hydrogens (primary N) is 1. The van der Waals surface area contributed by atoms with Crippen molar-refractivity contribution in [1.29, 1.82) is 0 Å². The zero-order chi connectivity index (χ0) is 9.68. The molecule has 0 aliphatic rings. The number of carbonyl (C=O) groups is 1. The van der Waals surface area contributed by atoms with Crippen LogP contribution in [-0.4, -0.2) is 17.8 Å². The zero-order valence-electron chi connectivity index (χ0n) is 7.03. The number of para-hydroxylation sites is 1. The Balaban J connectivity index is 2.39. The standard InChI is InChI=1S/C9H11ClN2O/c10-8(9(11)13)6-12-7-4-2-1-3-5-7/h1-5,8,12H,6H2,(H2,11,13). The van der Waals surface area contributed by atoms with Gasteiger partial charge in [-0.25, -0.2) is 0 Å². The quantitative estimate of drug-likeness (QED) is 0.715. The topological polar surface area (TPSA) is 55.1 Å². The minimum absolute atomic E-state index is 0.348. The summed E-state index contributed by atoms with van der Waals surface area (Å²) in [6.07, 6.45) is 0. The average Bonchev–Trinajstić information content (AvgIpc) is 2.15. The molecule has 1 aromatic rings. The third kappa shape index (κ3) is 3.34. The molecule has 70 valence electrons. The van der Waals surface area contributed by atoms with Crippen molar-refractivity contribution in [2.24, 2.45) is 5.73 Å². The van der Waals surface area contributed by atoms with Crippen molar-refractivity contribution < 1.29 is 4.79 Å². The fourth-order valence-corrected chi connectivity index (χ4v) is 0.941. The molecule has 0 aromatic heterocycles. The van der Waals surface area contributed by atoms with E-state index in [4.69, 9.17) is 17.3 Å². The Bertz CT molecular complexity index is 276. The summed E-state index contributed by atoms with van der Waals surface area (Å²) in [5.41, 5.74) is 5.91. The SMILES string of the molecule is NC(=O)C(Cl)CNc1ccccc1. The number of primary amides is 1. The Morgan fingerprint density at radius 3 is 2.62 bits per heavy atom. The maximum absolute atomic E-state index is 10.6. The van der Waals surface area contributed by atoms with Gasteiger partial charge in [-0.05, 0) is 12.1 Å². The summed E-state index contributed by atoms with van der Waals surface area (Å²) in [6, 6.07) is 9.50. The van der Waals surface area contributed by atoms with E-state index < -0.39 is 11.3 Å². The first-order chi connectivity index (χ1) is 6.20. The molecule has 0 aliphatic carbocycles. The van der Waals surface area contributed by atoms with Crippen molar-refractivity contribution in [3.8, 4) is 0 Å². The van der Waals surface area contributed by atoms with Gasteiger partial charge in [0, 0.05) is 12.2 Å². The van der Waals surface area contributed by atoms with Crippen LogP contribution in [0.15, 0.2) is 30.3 Å². The number of amides is 1. The van der Waals surface area contributed by atoms with E-state index in [0.717, 1.165) is 5.69 Å². The molecule has 0 aliphatic heterocycles. The molecule has 0 spiro atoms. The van der Waals surface area contributed by atoms with Crippen LogP contribution in [0, 0.1) is 0 Å². The second-order valence-corrected chi connectivity index (χ2v) is 3.14. The van der Waals surface area contributed by atoms with E-state index in [-0.39, 0.29) is 0 Å². The van der Waals surface area contributed by atoms with Gasteiger partial charge in [0.25, 0.3) is 0 Å². The number of hydrogen-bond donors (Lipinski definition) is 2. The van der Waals surface area contributed by atoms with Crippen LogP contribution in [0.5, 0.6) is 0 Å². The van der Waals surface area contributed by atoms with E-state index in [9.17, 15) is 4.79 Å². The maximum Gasteiger partial charge on any atom is 0.237 e. The first kappa shape index (κ1) is 9.86. The molecule has 3 nitrogen and oxygen atoms in total. The number of alkyl halides is 1. The molecule has 0 bridgehead atoms. The highest BCUT2D eigenvalue weighted by atomic mass is 35.5. The van der Waals surface area contributed by atoms with Gasteiger partial charge < -0.3 is 11.1 Å². The first-order valence-electron chi connectivity index (χ1n) is 3.92. The highest BCUT2D eigenvalue weighted by molar-refractivity contribution is 6.30. The van der Waals surface area contributed by atoms with E-state index in [1.54, 1.807) is 0 Å². The Labute approximate surface area is 81.9 Å². The zero-order valence-corrected chi connectivity index (χ0v) is 7.79. The van der Waals surface area contributed by atoms with Crippen molar-refractivity contribution in [3.63, 3.8) is 0 Å². The van der Waals surface area contributed by atoms with E-state index in [1.807, 2.05) is 30.3 Å². The molecule has 1 atom stereocenters. The molecule has 0 radical (unpaired) electrons. The van der Waals surface area contributed by atoms with Crippen LogP contribution in [0.1, 0.15) is 0 Å². The summed E-state index contributed by atoms with van der Waals surface area (Å²) in [4.78, 5) is 10.6. The van der Waals surface area contributed by atoms with Gasteiger partial charge in [0.15, 0.2) is 0 Å². The van der Waals surface area contributed by atoms with Crippen molar-refractivity contribution in [2.75, 3.05) is 11.9 Å². The molecule has 3 N–H and O–H groups in total. The maximum atomic E-state index is 10.6. The molecule has 1 unspecified atom stereocenters. The lowest BCUT2D eigenvalue weighted by Crippen LogP contribution is -2.29. The Kier molecular flexibility index (Phi) is 3.58. The van der Waals surface area contributed by atoms with Crippen LogP contribution < -0.4 is 11.1 Å². The largest absolute Gasteiger partial charge is 0.383 e. The Morgan fingerprint density at radius 2 is 2.08 bits per heavy atom. The van der Waals surface area contributed by atoms with Crippen molar-refractivity contribution in [1.82, 2.24) is 0 Å². The normalized spacial score (nSPS) is 12.1. The average molecular weight is 199 g/mol. The minimum atomic E-state index is -0.666. The fraction of sp³-hybridized carbons (Fsp3) is 0.222. The van der Waals surface area contributed by atoms with E-state index in [2.05, 4.69) is 5.32 Å². The van der Waals surface area contributed by atoms with Gasteiger partial charge in [0.1, 0.15) is 5.38 Å². The fourth-order valence-electron chi connectivity index (χ4n) is 0.864. The predicted octanol–water partition coefficient (Wildman–Crippen LogP) is 1.19. The molecule has 0 heterocycles. The van der Waals surface area contributed by atoms with Crippen LogP contribution in [-0.2, 0) is 4.79 Å². The summed E-state index contributed by atoms with van der Waals surface area (Å²) >= 11 is 5.63. The summed E-state index contributed by atoms with van der Waals surface area (Å²) in [6.45, 7) is 0.348. The lowest BCUT2D eigenvalue weighted by molar-refractivity contribution is -0.117. The number of anilines is 1. The van der Waals surface area contributed by atoms with Gasteiger partial charge >= 0.3 is 0 Å². The lowest BCUT2D eigenvalue weighted by Gasteiger charge is -2.07. The third-order valence-corrected chi connectivity index (χ3v) is 1.94. The molecule has 1 aromatic carbocycles. The summed E-state index contributed by atoms with van der Waals surface area (Å²) in [5, 5.41) is 2.33. The van der Waals surface area contributed by atoms with Crippen LogP contribution in [0.4, 0.5) is 5.69 Å². The number of carbonyl (C=O) groups excluding carboxylic acids is 1. The third-order valence-electron chi connectivity index (χ3n) is 1.57. The number of halogens is 1. The monoisotopic (exact) mass is 198 g/mol. The summed E-state index contributed by atoms with van der Waals surface area (Å²) in [5.74, 6) is -0.509. The van der Waals surface area contributed by atoms with Crippen LogP contribution in [0.25, 0.3) is 0 Å². The second kappa shape index (κ2) is 4.72. The van der Waals surface area contributed by atoms with Gasteiger partial charge in [-0.15, -0.1) is 11.6 Å². The molecule has 4 heteroatoms. The smallest absolute Gasteiger partial charge is 0.237 e. The van der Waals surface area contributed by atoms with Crippen LogP contribution in [0.2, 0.25) is 0 Å². The molecule has 13 heavy (non-hydrogen) atoms. The molecular weight excluding hydrogens is 188 g/mol. The predicted molar refractivity (Wildman–Crippen MR) is 53.8 cm³/mol. The van der Waals surface area contributed by atoms with Crippen molar-refractivity contribution in [3.05, 3.63) is 30.3 Å². The van der Waals surface area contributed by atoms with Gasteiger partial charge in [-0.1, -0.05) is 18.2 Å². The Morgan fingerprint density at radius 1 is 1.46 bits per heavy atom.